The topological polar surface area (TPSA) is 93.8 Å². The van der Waals surface area contributed by atoms with Crippen LogP contribution in [0.4, 0.5) is 11.6 Å². The Bertz CT molecular complexity index is 669. The number of nitrogens with one attached hydrogen (secondary N) is 1. The van der Waals surface area contributed by atoms with Crippen LogP contribution in [0.1, 0.15) is 41.2 Å². The van der Waals surface area contributed by atoms with Gasteiger partial charge in [0.2, 0.25) is 5.95 Å². The third-order valence-electron chi connectivity index (χ3n) is 3.30. The van der Waals surface area contributed by atoms with Crippen LogP contribution in [0.5, 0.6) is 0 Å². The fraction of sp³-hybridized carbons (Fsp3) is 0.333. The van der Waals surface area contributed by atoms with E-state index in [2.05, 4.69) is 20.5 Å². The second-order valence-corrected chi connectivity index (χ2v) is 4.73. The van der Waals surface area contributed by atoms with Crippen molar-refractivity contribution in [1.29, 1.82) is 0 Å². The summed E-state index contributed by atoms with van der Waals surface area (Å²) in [5.74, 6) is -0.126. The molecule has 2 aromatic rings. The molecule has 110 valence electrons. The van der Waals surface area contributed by atoms with E-state index in [1.165, 1.54) is 0 Å². The Labute approximate surface area is 123 Å². The van der Waals surface area contributed by atoms with E-state index in [1.54, 1.807) is 12.1 Å². The maximum Gasteiger partial charge on any atom is 0.260 e. The van der Waals surface area contributed by atoms with Gasteiger partial charge in [-0.3, -0.25) is 10.1 Å². The Kier molecular flexibility index (Phi) is 4.47. The van der Waals surface area contributed by atoms with E-state index in [0.29, 0.717) is 11.3 Å². The molecule has 0 unspecified atom stereocenters. The highest BCUT2D eigenvalue weighted by Gasteiger charge is 2.14. The van der Waals surface area contributed by atoms with Gasteiger partial charge in [-0.05, 0) is 31.4 Å². The van der Waals surface area contributed by atoms with Gasteiger partial charge in [-0.2, -0.15) is 0 Å². The number of nitrogens with zero attached hydrogens (tertiary/aromatic N) is 3. The summed E-state index contributed by atoms with van der Waals surface area (Å²) in [6.07, 6.45) is 1.51. The van der Waals surface area contributed by atoms with Crippen LogP contribution in [0.15, 0.2) is 18.2 Å². The number of carbonyl (C=O) groups excluding carboxylic acids is 1. The number of nitrogens with two attached hydrogens (primary N) is 1. The minimum absolute atomic E-state index is 0.204. The molecule has 3 N–H and O–H groups in total. The fourth-order valence-corrected chi connectivity index (χ4v) is 2.04. The van der Waals surface area contributed by atoms with E-state index in [-0.39, 0.29) is 11.9 Å². The smallest absolute Gasteiger partial charge is 0.260 e. The van der Waals surface area contributed by atoms with Crippen molar-refractivity contribution in [1.82, 2.24) is 15.2 Å². The number of para-hydroxylation sites is 1. The molecule has 0 aliphatic rings. The van der Waals surface area contributed by atoms with Gasteiger partial charge in [0.15, 0.2) is 0 Å². The quantitative estimate of drug-likeness (QED) is 0.839. The lowest BCUT2D eigenvalue weighted by atomic mass is 10.1. The van der Waals surface area contributed by atoms with Crippen LogP contribution in [-0.2, 0) is 12.8 Å². The van der Waals surface area contributed by atoms with Gasteiger partial charge in [0.25, 0.3) is 5.91 Å². The molecule has 0 aliphatic heterocycles. The first-order valence-electron chi connectivity index (χ1n) is 6.95. The minimum Gasteiger partial charge on any atom is -0.398 e. The lowest BCUT2D eigenvalue weighted by molar-refractivity contribution is 0.102. The molecule has 1 amide bonds. The maximum atomic E-state index is 12.2. The van der Waals surface area contributed by atoms with E-state index in [9.17, 15) is 4.79 Å². The molecule has 1 aromatic heterocycles. The third kappa shape index (κ3) is 3.16. The molecule has 0 bridgehead atoms. The largest absolute Gasteiger partial charge is 0.398 e. The summed E-state index contributed by atoms with van der Waals surface area (Å²) in [5, 5.41) is 10.7. The van der Waals surface area contributed by atoms with Crippen molar-refractivity contribution in [3.8, 4) is 0 Å². The Balaban J connectivity index is 2.25. The minimum atomic E-state index is -0.329. The lowest BCUT2D eigenvalue weighted by Gasteiger charge is -2.09. The lowest BCUT2D eigenvalue weighted by Crippen LogP contribution is -2.18. The van der Waals surface area contributed by atoms with E-state index in [1.807, 2.05) is 26.8 Å². The number of carbonyl (C=O) groups is 1. The predicted molar refractivity (Wildman–Crippen MR) is 82.1 cm³/mol. The molecule has 0 saturated carbocycles. The summed E-state index contributed by atoms with van der Waals surface area (Å²) in [7, 11) is 0. The normalized spacial score (nSPS) is 10.4. The Morgan fingerprint density at radius 2 is 1.90 bits per heavy atom. The summed E-state index contributed by atoms with van der Waals surface area (Å²) in [4.78, 5) is 16.6. The number of hydrogen-bond donors (Lipinski definition) is 2. The van der Waals surface area contributed by atoms with Crippen molar-refractivity contribution < 1.29 is 4.79 Å². The molecule has 6 heteroatoms. The molecule has 21 heavy (non-hydrogen) atoms. The number of aromatic nitrogens is 3. The van der Waals surface area contributed by atoms with Crippen molar-refractivity contribution >= 4 is 17.5 Å². The molecule has 0 fully saturated rings. The van der Waals surface area contributed by atoms with Gasteiger partial charge >= 0.3 is 0 Å². The van der Waals surface area contributed by atoms with Gasteiger partial charge in [0.05, 0.1) is 17.0 Å². The van der Waals surface area contributed by atoms with Gasteiger partial charge in [-0.15, -0.1) is 10.2 Å². The molecule has 0 spiro atoms. The molecule has 6 nitrogen and oxygen atoms in total. The number of aryl methyl sites for hydroxylation is 3. The molecule has 0 saturated heterocycles. The third-order valence-corrected chi connectivity index (χ3v) is 3.30. The zero-order chi connectivity index (χ0) is 15.4. The maximum absolute atomic E-state index is 12.2. The zero-order valence-corrected chi connectivity index (χ0v) is 12.5. The number of benzene rings is 1. The van der Waals surface area contributed by atoms with Gasteiger partial charge in [0.1, 0.15) is 0 Å². The monoisotopic (exact) mass is 285 g/mol. The molecular formula is C15H19N5O. The Hall–Kier alpha value is -2.50. The van der Waals surface area contributed by atoms with E-state index in [0.717, 1.165) is 29.8 Å². The molecule has 0 atom stereocenters. The van der Waals surface area contributed by atoms with Crippen LogP contribution in [0.3, 0.4) is 0 Å². The number of hydrogen-bond acceptors (Lipinski definition) is 5. The van der Waals surface area contributed by atoms with Crippen LogP contribution < -0.4 is 11.1 Å². The summed E-state index contributed by atoms with van der Waals surface area (Å²) in [6.45, 7) is 5.85. The van der Waals surface area contributed by atoms with Crippen LogP contribution >= 0.6 is 0 Å². The summed E-state index contributed by atoms with van der Waals surface area (Å²) in [5.41, 5.74) is 9.35. The molecule has 1 aromatic carbocycles. The number of amides is 1. The van der Waals surface area contributed by atoms with E-state index < -0.39 is 0 Å². The zero-order valence-electron chi connectivity index (χ0n) is 12.5. The first-order chi connectivity index (χ1) is 10.1. The van der Waals surface area contributed by atoms with Gasteiger partial charge < -0.3 is 5.73 Å². The second kappa shape index (κ2) is 6.30. The Morgan fingerprint density at radius 3 is 2.57 bits per heavy atom. The van der Waals surface area contributed by atoms with Gasteiger partial charge in [-0.25, -0.2) is 4.98 Å². The first kappa shape index (κ1) is 14.9. The average molecular weight is 285 g/mol. The van der Waals surface area contributed by atoms with Crippen LogP contribution in [0, 0.1) is 6.92 Å². The Morgan fingerprint density at radius 1 is 1.19 bits per heavy atom. The van der Waals surface area contributed by atoms with Crippen molar-refractivity contribution in [2.75, 3.05) is 11.1 Å². The average Bonchev–Trinajstić information content (AvgIpc) is 2.49. The highest BCUT2D eigenvalue weighted by atomic mass is 16.1. The fourth-order valence-electron chi connectivity index (χ4n) is 2.04. The van der Waals surface area contributed by atoms with E-state index in [4.69, 9.17) is 5.73 Å². The van der Waals surface area contributed by atoms with Crippen LogP contribution in [-0.4, -0.2) is 21.1 Å². The summed E-state index contributed by atoms with van der Waals surface area (Å²) in [6, 6.07) is 5.32. The molecule has 2 rings (SSSR count). The second-order valence-electron chi connectivity index (χ2n) is 4.73. The SMILES string of the molecule is CCc1nnc(NC(=O)c2cccc(C)c2N)nc1CC. The van der Waals surface area contributed by atoms with Gasteiger partial charge in [-0.1, -0.05) is 26.0 Å². The molecular weight excluding hydrogens is 266 g/mol. The molecule has 1 heterocycles. The molecule has 0 aliphatic carbocycles. The first-order valence-corrected chi connectivity index (χ1v) is 6.95. The summed E-state index contributed by atoms with van der Waals surface area (Å²) >= 11 is 0. The standard InChI is InChI=1S/C15H19N5O/c1-4-11-12(5-2)19-20-15(17-11)18-14(21)10-8-6-7-9(3)13(10)16/h6-8H,4-5,16H2,1-3H3,(H,17,18,20,21). The number of anilines is 2. The van der Waals surface area contributed by atoms with Crippen LogP contribution in [0.25, 0.3) is 0 Å². The van der Waals surface area contributed by atoms with Gasteiger partial charge in [0, 0.05) is 5.69 Å². The van der Waals surface area contributed by atoms with Crippen molar-refractivity contribution in [3.63, 3.8) is 0 Å². The highest BCUT2D eigenvalue weighted by Crippen LogP contribution is 2.17. The van der Waals surface area contributed by atoms with Crippen molar-refractivity contribution in [2.24, 2.45) is 0 Å². The summed E-state index contributed by atoms with van der Waals surface area (Å²) < 4.78 is 0. The number of rotatable bonds is 4. The van der Waals surface area contributed by atoms with Crippen molar-refractivity contribution in [2.45, 2.75) is 33.6 Å². The highest BCUT2D eigenvalue weighted by molar-refractivity contribution is 6.07. The predicted octanol–water partition coefficient (Wildman–Crippen LogP) is 2.14. The van der Waals surface area contributed by atoms with E-state index >= 15 is 0 Å². The van der Waals surface area contributed by atoms with Crippen LogP contribution in [0.2, 0.25) is 0 Å². The number of nitrogen functional groups attached to an aromatic ring is 1. The van der Waals surface area contributed by atoms with Crippen molar-refractivity contribution in [3.05, 3.63) is 40.7 Å². The molecule has 0 radical (unpaired) electrons.